The molecule has 3 saturated heterocycles. The number of hydrogen-bond acceptors (Lipinski definition) is 3. The van der Waals surface area contributed by atoms with E-state index in [1.807, 2.05) is 0 Å². The minimum Gasteiger partial charge on any atom is -0.391 e. The molecule has 3 aliphatic heterocycles. The Bertz CT molecular complexity index is 311. The average molecular weight is 239 g/mol. The Morgan fingerprint density at radius 2 is 1.82 bits per heavy atom. The van der Waals surface area contributed by atoms with Gasteiger partial charge in [0.05, 0.1) is 23.3 Å². The van der Waals surface area contributed by atoms with E-state index in [9.17, 15) is 5.11 Å². The van der Waals surface area contributed by atoms with Crippen molar-refractivity contribution in [3.63, 3.8) is 0 Å². The van der Waals surface area contributed by atoms with Gasteiger partial charge in [-0.3, -0.25) is 4.90 Å². The van der Waals surface area contributed by atoms with Crippen LogP contribution in [-0.4, -0.2) is 46.4 Å². The molecule has 1 aliphatic carbocycles. The summed E-state index contributed by atoms with van der Waals surface area (Å²) in [6.45, 7) is 8.75. The number of rotatable bonds is 1. The van der Waals surface area contributed by atoms with E-state index < -0.39 is 0 Å². The Labute approximate surface area is 104 Å². The van der Waals surface area contributed by atoms with Crippen molar-refractivity contribution < 1.29 is 9.84 Å². The zero-order valence-corrected chi connectivity index (χ0v) is 11.3. The zero-order chi connectivity index (χ0) is 12.3. The van der Waals surface area contributed by atoms with Gasteiger partial charge in [-0.05, 0) is 59.5 Å². The molecule has 0 spiro atoms. The highest BCUT2D eigenvalue weighted by Gasteiger charge is 2.60. The van der Waals surface area contributed by atoms with Crippen LogP contribution in [0.4, 0.5) is 0 Å². The Kier molecular flexibility index (Phi) is 2.59. The second-order valence-corrected chi connectivity index (χ2v) is 6.84. The van der Waals surface area contributed by atoms with Gasteiger partial charge in [0.25, 0.3) is 0 Å². The van der Waals surface area contributed by atoms with Gasteiger partial charge < -0.3 is 9.84 Å². The second kappa shape index (κ2) is 3.69. The maximum atomic E-state index is 10.7. The standard InChI is InChI=1S/C14H25NO2/c1-13(2)10-6-7-14(3,17-13)12(11(10)16)15-8-4-5-9-15/h10-12,16H,4-9H2,1-3H3/t10-,11-,12+,14-/m1/s1. The first-order valence-corrected chi connectivity index (χ1v) is 7.06. The number of hydrogen-bond donors (Lipinski definition) is 1. The summed E-state index contributed by atoms with van der Waals surface area (Å²) in [6, 6.07) is 0.219. The van der Waals surface area contributed by atoms with Crippen molar-refractivity contribution in [2.45, 2.75) is 69.8 Å². The van der Waals surface area contributed by atoms with E-state index in [0.717, 1.165) is 25.9 Å². The van der Waals surface area contributed by atoms with Gasteiger partial charge in [-0.1, -0.05) is 0 Å². The fraction of sp³-hybridized carbons (Fsp3) is 1.00. The minimum absolute atomic E-state index is 0.151. The molecule has 1 saturated carbocycles. The molecular formula is C14H25NO2. The number of nitrogens with zero attached hydrogens (tertiary/aromatic N) is 1. The summed E-state index contributed by atoms with van der Waals surface area (Å²) in [5.74, 6) is 0.301. The van der Waals surface area contributed by atoms with Crippen LogP contribution >= 0.6 is 0 Å². The van der Waals surface area contributed by atoms with Gasteiger partial charge >= 0.3 is 0 Å². The summed E-state index contributed by atoms with van der Waals surface area (Å²) >= 11 is 0. The van der Waals surface area contributed by atoms with E-state index >= 15 is 0 Å². The summed E-state index contributed by atoms with van der Waals surface area (Å²) in [6.07, 6.45) is 4.53. The van der Waals surface area contributed by atoms with Crippen molar-refractivity contribution >= 4 is 0 Å². The molecule has 1 N–H and O–H groups in total. The van der Waals surface area contributed by atoms with Crippen molar-refractivity contribution in [1.82, 2.24) is 4.90 Å². The Morgan fingerprint density at radius 1 is 1.18 bits per heavy atom. The molecule has 0 aromatic carbocycles. The molecule has 0 radical (unpaired) electrons. The number of fused-ring (bicyclic) bond motifs is 3. The summed E-state index contributed by atoms with van der Waals surface area (Å²) < 4.78 is 6.35. The molecule has 0 unspecified atom stereocenters. The fourth-order valence-corrected chi connectivity index (χ4v) is 4.51. The van der Waals surface area contributed by atoms with Crippen molar-refractivity contribution in [3.8, 4) is 0 Å². The van der Waals surface area contributed by atoms with Crippen LogP contribution in [0.2, 0.25) is 0 Å². The van der Waals surface area contributed by atoms with E-state index in [1.165, 1.54) is 12.8 Å². The van der Waals surface area contributed by atoms with E-state index in [0.29, 0.717) is 5.92 Å². The Hall–Kier alpha value is -0.120. The molecule has 3 heteroatoms. The monoisotopic (exact) mass is 239 g/mol. The van der Waals surface area contributed by atoms with Gasteiger partial charge in [0.1, 0.15) is 0 Å². The van der Waals surface area contributed by atoms with Gasteiger partial charge in [-0.2, -0.15) is 0 Å². The number of aliphatic hydroxyl groups is 1. The third-order valence-electron chi connectivity index (χ3n) is 5.24. The maximum absolute atomic E-state index is 10.7. The molecule has 4 rings (SSSR count). The molecule has 2 bridgehead atoms. The van der Waals surface area contributed by atoms with Crippen LogP contribution in [0.5, 0.6) is 0 Å². The van der Waals surface area contributed by atoms with Crippen molar-refractivity contribution in [3.05, 3.63) is 0 Å². The van der Waals surface area contributed by atoms with Gasteiger partial charge in [-0.25, -0.2) is 0 Å². The minimum atomic E-state index is -0.212. The highest BCUT2D eigenvalue weighted by Crippen LogP contribution is 2.51. The van der Waals surface area contributed by atoms with Crippen LogP contribution in [0.1, 0.15) is 46.5 Å². The third kappa shape index (κ3) is 1.66. The third-order valence-corrected chi connectivity index (χ3v) is 5.24. The first kappa shape index (κ1) is 11.9. The summed E-state index contributed by atoms with van der Waals surface area (Å²) in [5.41, 5.74) is -0.315. The van der Waals surface area contributed by atoms with E-state index in [-0.39, 0.29) is 23.3 Å². The van der Waals surface area contributed by atoms with Crippen molar-refractivity contribution in [1.29, 1.82) is 0 Å². The predicted octanol–water partition coefficient (Wildman–Crippen LogP) is 1.79. The summed E-state index contributed by atoms with van der Waals surface area (Å²) in [5, 5.41) is 10.7. The van der Waals surface area contributed by atoms with Gasteiger partial charge in [-0.15, -0.1) is 0 Å². The van der Waals surface area contributed by atoms with Gasteiger partial charge in [0.15, 0.2) is 0 Å². The number of aliphatic hydroxyl groups excluding tert-OH is 1. The molecule has 17 heavy (non-hydrogen) atoms. The topological polar surface area (TPSA) is 32.7 Å². The molecule has 98 valence electrons. The lowest BCUT2D eigenvalue weighted by Gasteiger charge is -2.61. The van der Waals surface area contributed by atoms with Gasteiger partial charge in [0.2, 0.25) is 0 Å². The van der Waals surface area contributed by atoms with E-state index in [2.05, 4.69) is 25.7 Å². The maximum Gasteiger partial charge on any atom is 0.0841 e. The smallest absolute Gasteiger partial charge is 0.0841 e. The first-order valence-electron chi connectivity index (χ1n) is 7.06. The number of likely N-dealkylation sites (tertiary alicyclic amines) is 1. The van der Waals surface area contributed by atoms with Crippen LogP contribution in [0.15, 0.2) is 0 Å². The van der Waals surface area contributed by atoms with Crippen LogP contribution in [0.3, 0.4) is 0 Å². The Balaban J connectivity index is 1.90. The van der Waals surface area contributed by atoms with E-state index in [1.54, 1.807) is 0 Å². The van der Waals surface area contributed by atoms with E-state index in [4.69, 9.17) is 4.74 Å². The molecule has 4 fully saturated rings. The lowest BCUT2D eigenvalue weighted by atomic mass is 9.64. The zero-order valence-electron chi connectivity index (χ0n) is 11.3. The lowest BCUT2D eigenvalue weighted by molar-refractivity contribution is -0.294. The SMILES string of the molecule is CC1(C)O[C@]2(C)CC[C@@H]1[C@@H](O)[C@@H]2N1CCCC1. The molecule has 3 nitrogen and oxygen atoms in total. The Morgan fingerprint density at radius 3 is 2.35 bits per heavy atom. The van der Waals surface area contributed by atoms with Crippen LogP contribution in [-0.2, 0) is 4.74 Å². The van der Waals surface area contributed by atoms with Crippen molar-refractivity contribution in [2.24, 2.45) is 5.92 Å². The molecule has 4 aliphatic rings. The highest BCUT2D eigenvalue weighted by atomic mass is 16.5. The molecule has 0 aromatic heterocycles. The molecule has 0 amide bonds. The van der Waals surface area contributed by atoms with Crippen molar-refractivity contribution in [2.75, 3.05) is 13.1 Å². The molecule has 3 heterocycles. The van der Waals surface area contributed by atoms with Crippen LogP contribution in [0.25, 0.3) is 0 Å². The quantitative estimate of drug-likeness (QED) is 0.757. The first-order chi connectivity index (χ1) is 7.94. The van der Waals surface area contributed by atoms with Crippen LogP contribution in [0, 0.1) is 5.92 Å². The summed E-state index contributed by atoms with van der Waals surface area (Å²) in [4.78, 5) is 2.46. The predicted molar refractivity (Wildman–Crippen MR) is 66.9 cm³/mol. The lowest BCUT2D eigenvalue weighted by Crippen LogP contribution is -2.72. The average Bonchev–Trinajstić information content (AvgIpc) is 2.67. The molecular weight excluding hydrogens is 214 g/mol. The largest absolute Gasteiger partial charge is 0.391 e. The highest BCUT2D eigenvalue weighted by molar-refractivity contribution is 5.11. The van der Waals surface area contributed by atoms with Crippen LogP contribution < -0.4 is 0 Å². The van der Waals surface area contributed by atoms with Gasteiger partial charge in [0, 0.05) is 5.92 Å². The second-order valence-electron chi connectivity index (χ2n) is 6.84. The molecule has 0 aromatic rings. The normalized spacial score (nSPS) is 49.8. The number of ether oxygens (including phenoxy) is 1. The summed E-state index contributed by atoms with van der Waals surface area (Å²) in [7, 11) is 0. The molecule has 4 atom stereocenters. The fourth-order valence-electron chi connectivity index (χ4n) is 4.51.